The van der Waals surface area contributed by atoms with Gasteiger partial charge in [-0.3, -0.25) is 9.78 Å². The average molecular weight is 403 g/mol. The van der Waals surface area contributed by atoms with Gasteiger partial charge in [-0.05, 0) is 33.5 Å². The molecule has 0 radical (unpaired) electrons. The lowest BCUT2D eigenvalue weighted by Crippen LogP contribution is -2.32. The van der Waals surface area contributed by atoms with Crippen LogP contribution >= 0.6 is 11.3 Å². The van der Waals surface area contributed by atoms with Crippen molar-refractivity contribution < 1.29 is 4.79 Å². The third-order valence-corrected chi connectivity index (χ3v) is 6.28. The van der Waals surface area contributed by atoms with Gasteiger partial charge in [0.05, 0.1) is 17.2 Å². The molecular formula is C20H30N6OS. The van der Waals surface area contributed by atoms with Crippen LogP contribution in [0.1, 0.15) is 47.5 Å². The van der Waals surface area contributed by atoms with Gasteiger partial charge < -0.3 is 19.7 Å². The Kier molecular flexibility index (Phi) is 6.85. The predicted molar refractivity (Wildman–Crippen MR) is 112 cm³/mol. The second-order valence-electron chi connectivity index (χ2n) is 7.47. The molecule has 2 atom stereocenters. The van der Waals surface area contributed by atoms with E-state index in [1.807, 2.05) is 12.4 Å². The van der Waals surface area contributed by atoms with E-state index < -0.39 is 0 Å². The minimum atomic E-state index is -0.0129. The van der Waals surface area contributed by atoms with Gasteiger partial charge in [0.2, 0.25) is 6.41 Å². The summed E-state index contributed by atoms with van der Waals surface area (Å²) in [4.78, 5) is 25.5. The van der Waals surface area contributed by atoms with E-state index in [1.54, 1.807) is 16.8 Å². The molecule has 0 bridgehead atoms. The molecule has 7 nitrogen and oxygen atoms in total. The number of imidazole rings is 1. The van der Waals surface area contributed by atoms with Crippen molar-refractivity contribution in [3.8, 4) is 0 Å². The largest absolute Gasteiger partial charge is 0.376 e. The summed E-state index contributed by atoms with van der Waals surface area (Å²) in [5.41, 5.74) is 4.38. The van der Waals surface area contributed by atoms with Gasteiger partial charge in [-0.15, -0.1) is 11.3 Å². The molecule has 1 aliphatic rings. The fraction of sp³-hybridized carbons (Fsp3) is 0.550. The molecule has 1 aliphatic heterocycles. The Labute approximate surface area is 171 Å². The van der Waals surface area contributed by atoms with Gasteiger partial charge in [0, 0.05) is 55.4 Å². The first-order valence-corrected chi connectivity index (χ1v) is 10.6. The number of aromatic nitrogens is 3. The van der Waals surface area contributed by atoms with Crippen molar-refractivity contribution in [2.24, 2.45) is 0 Å². The van der Waals surface area contributed by atoms with Crippen molar-refractivity contribution in [3.05, 3.63) is 46.6 Å². The maximum atomic E-state index is 11.0. The Balaban J connectivity index is 1.64. The van der Waals surface area contributed by atoms with E-state index in [1.165, 1.54) is 11.4 Å². The van der Waals surface area contributed by atoms with Gasteiger partial charge in [0.25, 0.3) is 0 Å². The first-order chi connectivity index (χ1) is 13.5. The van der Waals surface area contributed by atoms with E-state index in [9.17, 15) is 4.79 Å². The van der Waals surface area contributed by atoms with E-state index in [2.05, 4.69) is 52.1 Å². The van der Waals surface area contributed by atoms with Crippen LogP contribution in [-0.4, -0.2) is 57.4 Å². The first kappa shape index (κ1) is 20.5. The zero-order chi connectivity index (χ0) is 20.1. The molecular weight excluding hydrogens is 372 g/mol. The summed E-state index contributed by atoms with van der Waals surface area (Å²) in [6.07, 6.45) is 6.34. The monoisotopic (exact) mass is 402 g/mol. The molecule has 3 rings (SSSR count). The molecule has 152 valence electrons. The first-order valence-electron chi connectivity index (χ1n) is 9.73. The molecule has 2 aromatic heterocycles. The van der Waals surface area contributed by atoms with Crippen LogP contribution in [0.2, 0.25) is 0 Å². The van der Waals surface area contributed by atoms with Crippen molar-refractivity contribution in [2.75, 3.05) is 26.7 Å². The summed E-state index contributed by atoms with van der Waals surface area (Å²) in [5.74, 6) is 1.09. The summed E-state index contributed by atoms with van der Waals surface area (Å²) >= 11 is 1.57. The van der Waals surface area contributed by atoms with Crippen LogP contribution in [0.5, 0.6) is 0 Å². The van der Waals surface area contributed by atoms with Crippen molar-refractivity contribution in [1.82, 2.24) is 29.7 Å². The van der Waals surface area contributed by atoms with Gasteiger partial charge >= 0.3 is 0 Å². The lowest BCUT2D eigenvalue weighted by molar-refractivity contribution is -0.110. The van der Waals surface area contributed by atoms with Crippen molar-refractivity contribution in [1.29, 1.82) is 0 Å². The highest BCUT2D eigenvalue weighted by Crippen LogP contribution is 2.25. The molecule has 2 unspecified atom stereocenters. The van der Waals surface area contributed by atoms with Crippen LogP contribution in [0.4, 0.5) is 0 Å². The number of nitrogens with zero attached hydrogens (tertiary/aromatic N) is 5. The molecule has 0 saturated heterocycles. The summed E-state index contributed by atoms with van der Waals surface area (Å²) in [7, 11) is 2.15. The summed E-state index contributed by atoms with van der Waals surface area (Å²) in [6.45, 7) is 12.0. The number of carbonyl (C=O) groups excluding carboxylic acids is 1. The summed E-state index contributed by atoms with van der Waals surface area (Å²) < 4.78 is 2.39. The number of hydrogen-bond acceptors (Lipinski definition) is 6. The Hall–Kier alpha value is -2.19. The molecule has 28 heavy (non-hydrogen) atoms. The molecule has 0 spiro atoms. The molecule has 8 heteroatoms. The minimum Gasteiger partial charge on any atom is -0.376 e. The van der Waals surface area contributed by atoms with Gasteiger partial charge in [-0.1, -0.05) is 6.58 Å². The van der Waals surface area contributed by atoms with Crippen LogP contribution in [0.25, 0.3) is 0 Å². The van der Waals surface area contributed by atoms with E-state index in [4.69, 9.17) is 4.98 Å². The maximum absolute atomic E-state index is 11.0. The Morgan fingerprint density at radius 3 is 3.00 bits per heavy atom. The number of likely N-dealkylation sites (N-methyl/N-ethyl adjacent to an activating group) is 1. The van der Waals surface area contributed by atoms with Gasteiger partial charge in [0.15, 0.2) is 0 Å². The topological polar surface area (TPSA) is 66.3 Å². The standard InChI is InChI=1S/C20H30N6OS/c1-5-25(9-6-17(22-13-27)20-10-21-14-28-20)11-15(2)26-16(3)23-18-12-24(4)8-7-19(18)26/h5,10,13-15,17H,1,6-9,11-12H2,2-4H3,(H,22,27). The number of thiazole rings is 1. The molecule has 0 saturated carbocycles. The molecule has 1 amide bonds. The lowest BCUT2D eigenvalue weighted by atomic mass is 10.1. The summed E-state index contributed by atoms with van der Waals surface area (Å²) in [6, 6.07) is 0.291. The smallest absolute Gasteiger partial charge is 0.207 e. The Morgan fingerprint density at radius 1 is 1.50 bits per heavy atom. The Morgan fingerprint density at radius 2 is 2.32 bits per heavy atom. The molecule has 0 aliphatic carbocycles. The minimum absolute atomic E-state index is 0.0129. The Bertz CT molecular complexity index is 787. The van der Waals surface area contributed by atoms with Crippen molar-refractivity contribution >= 4 is 17.7 Å². The van der Waals surface area contributed by atoms with Crippen LogP contribution in [0.15, 0.2) is 24.5 Å². The third kappa shape index (κ3) is 4.62. The number of aryl methyl sites for hydroxylation is 1. The fourth-order valence-electron chi connectivity index (χ4n) is 4.02. The second-order valence-corrected chi connectivity index (χ2v) is 8.38. The molecule has 0 aromatic carbocycles. The highest BCUT2D eigenvalue weighted by atomic mass is 32.1. The number of carbonyl (C=O) groups is 1. The summed E-state index contributed by atoms with van der Waals surface area (Å²) in [5, 5.41) is 2.91. The predicted octanol–water partition coefficient (Wildman–Crippen LogP) is 2.52. The normalized spacial score (nSPS) is 16.2. The highest BCUT2D eigenvalue weighted by Gasteiger charge is 2.24. The maximum Gasteiger partial charge on any atom is 0.207 e. The number of fused-ring (bicyclic) bond motifs is 1. The van der Waals surface area contributed by atoms with E-state index in [0.29, 0.717) is 6.04 Å². The quantitative estimate of drug-likeness (QED) is 0.619. The lowest BCUT2D eigenvalue weighted by Gasteiger charge is -2.29. The third-order valence-electron chi connectivity index (χ3n) is 5.39. The highest BCUT2D eigenvalue weighted by molar-refractivity contribution is 7.09. The van der Waals surface area contributed by atoms with Gasteiger partial charge in [-0.25, -0.2) is 4.98 Å². The SMILES string of the molecule is C=CN(CCC(NC=O)c1cncs1)CC(C)n1c(C)nc2c1CCN(C)C2. The number of amides is 1. The molecule has 0 fully saturated rings. The molecule has 3 heterocycles. The molecule has 1 N–H and O–H groups in total. The van der Waals surface area contributed by atoms with E-state index in [-0.39, 0.29) is 6.04 Å². The van der Waals surface area contributed by atoms with Crippen molar-refractivity contribution in [3.63, 3.8) is 0 Å². The van der Waals surface area contributed by atoms with Crippen molar-refractivity contribution in [2.45, 2.75) is 45.3 Å². The van der Waals surface area contributed by atoms with Gasteiger partial charge in [-0.2, -0.15) is 0 Å². The number of hydrogen-bond donors (Lipinski definition) is 1. The average Bonchev–Trinajstić information content (AvgIpc) is 3.30. The van der Waals surface area contributed by atoms with Crippen LogP contribution in [-0.2, 0) is 17.8 Å². The van der Waals surface area contributed by atoms with Crippen LogP contribution < -0.4 is 5.32 Å². The van der Waals surface area contributed by atoms with Gasteiger partial charge in [0.1, 0.15) is 5.82 Å². The number of nitrogens with one attached hydrogen (secondary N) is 1. The van der Waals surface area contributed by atoms with E-state index in [0.717, 1.165) is 56.1 Å². The molecule has 2 aromatic rings. The zero-order valence-corrected chi connectivity index (χ0v) is 17.8. The second kappa shape index (κ2) is 9.34. The van der Waals surface area contributed by atoms with Crippen LogP contribution in [0.3, 0.4) is 0 Å². The fourth-order valence-corrected chi connectivity index (χ4v) is 4.73. The van der Waals surface area contributed by atoms with E-state index >= 15 is 0 Å². The number of rotatable bonds is 10. The zero-order valence-electron chi connectivity index (χ0n) is 17.0. The van der Waals surface area contributed by atoms with Crippen LogP contribution in [0, 0.1) is 6.92 Å².